The monoisotopic (exact) mass is 415 g/mol. The first kappa shape index (κ1) is 20.9. The largest absolute Gasteiger partial charge is 0.337 e. The van der Waals surface area contributed by atoms with Gasteiger partial charge in [0.1, 0.15) is 0 Å². The number of nitrogens with zero attached hydrogens (tertiary/aromatic N) is 1. The number of sulfonamides is 1. The van der Waals surface area contributed by atoms with Crippen LogP contribution in [0.5, 0.6) is 0 Å². The highest BCUT2D eigenvalue weighted by Crippen LogP contribution is 2.17. The van der Waals surface area contributed by atoms with E-state index in [-0.39, 0.29) is 35.8 Å². The zero-order valence-corrected chi connectivity index (χ0v) is 16.6. The molecule has 1 atom stereocenters. The smallest absolute Gasteiger partial charge is 0.253 e. The maximum Gasteiger partial charge on any atom is 0.253 e. The lowest BCUT2D eigenvalue weighted by molar-refractivity contribution is 0.0708. The molecular weight excluding hydrogens is 394 g/mol. The Balaban J connectivity index is 0.00000243. The van der Waals surface area contributed by atoms with Crippen LogP contribution in [0.15, 0.2) is 46.7 Å². The van der Waals surface area contributed by atoms with Gasteiger partial charge in [0, 0.05) is 36.1 Å². The Bertz CT molecular complexity index is 841. The first-order valence-corrected chi connectivity index (χ1v) is 10.5. The average Bonchev–Trinajstić information content (AvgIpc) is 3.13. The maximum atomic E-state index is 12.6. The van der Waals surface area contributed by atoms with Gasteiger partial charge in [-0.3, -0.25) is 4.79 Å². The van der Waals surface area contributed by atoms with Gasteiger partial charge in [-0.1, -0.05) is 12.1 Å². The number of likely N-dealkylation sites (tertiary alicyclic amines) is 1. The first-order chi connectivity index (χ1) is 12.0. The molecule has 1 aliphatic rings. The molecule has 9 heteroatoms. The second kappa shape index (κ2) is 8.96. The molecule has 2 aromatic rings. The van der Waals surface area contributed by atoms with E-state index in [9.17, 15) is 13.2 Å². The van der Waals surface area contributed by atoms with Gasteiger partial charge >= 0.3 is 0 Å². The minimum Gasteiger partial charge on any atom is -0.337 e. The van der Waals surface area contributed by atoms with Crippen molar-refractivity contribution in [3.63, 3.8) is 0 Å². The molecule has 1 aromatic carbocycles. The average molecular weight is 416 g/mol. The number of carbonyl (C=O) groups is 1. The summed E-state index contributed by atoms with van der Waals surface area (Å²) in [6.07, 6.45) is 1.78. The molecule has 0 spiro atoms. The van der Waals surface area contributed by atoms with Crippen LogP contribution in [0.25, 0.3) is 0 Å². The normalized spacial score (nSPS) is 17.6. The number of halogens is 1. The number of benzene rings is 1. The van der Waals surface area contributed by atoms with E-state index in [0.29, 0.717) is 18.7 Å². The molecule has 1 unspecified atom stereocenters. The van der Waals surface area contributed by atoms with Crippen molar-refractivity contribution in [3.8, 4) is 0 Å². The van der Waals surface area contributed by atoms with E-state index in [4.69, 9.17) is 5.73 Å². The van der Waals surface area contributed by atoms with E-state index < -0.39 is 10.0 Å². The molecule has 1 aliphatic heterocycles. The summed E-state index contributed by atoms with van der Waals surface area (Å²) < 4.78 is 27.5. The number of nitrogens with two attached hydrogens (primary N) is 1. The molecule has 142 valence electrons. The quantitative estimate of drug-likeness (QED) is 0.783. The van der Waals surface area contributed by atoms with Crippen molar-refractivity contribution in [3.05, 3.63) is 52.2 Å². The predicted molar refractivity (Wildman–Crippen MR) is 105 cm³/mol. The molecule has 3 N–H and O–H groups in total. The summed E-state index contributed by atoms with van der Waals surface area (Å²) >= 11 is 1.49. The topological polar surface area (TPSA) is 92.5 Å². The van der Waals surface area contributed by atoms with Crippen LogP contribution >= 0.6 is 23.7 Å². The summed E-state index contributed by atoms with van der Waals surface area (Å²) in [6, 6.07) is 9.88. The van der Waals surface area contributed by atoms with Gasteiger partial charge in [0.2, 0.25) is 10.0 Å². The molecular formula is C17H22ClN3O3S2. The summed E-state index contributed by atoms with van der Waals surface area (Å²) in [5, 5.41) is 1.90. The van der Waals surface area contributed by atoms with Crippen LogP contribution in [-0.4, -0.2) is 38.4 Å². The van der Waals surface area contributed by atoms with Crippen LogP contribution in [0.4, 0.5) is 0 Å². The highest BCUT2D eigenvalue weighted by atomic mass is 35.5. The molecule has 26 heavy (non-hydrogen) atoms. The Morgan fingerprint density at radius 2 is 2.12 bits per heavy atom. The molecule has 1 amide bonds. The van der Waals surface area contributed by atoms with Crippen molar-refractivity contribution in [2.45, 2.75) is 30.3 Å². The fourth-order valence-corrected chi connectivity index (χ4v) is 4.62. The van der Waals surface area contributed by atoms with Gasteiger partial charge in [-0.2, -0.15) is 0 Å². The van der Waals surface area contributed by atoms with Gasteiger partial charge in [-0.15, -0.1) is 23.7 Å². The lowest BCUT2D eigenvalue weighted by Crippen LogP contribution is -2.45. The number of amides is 1. The Morgan fingerprint density at radius 3 is 2.81 bits per heavy atom. The van der Waals surface area contributed by atoms with E-state index in [1.54, 1.807) is 17.0 Å². The summed E-state index contributed by atoms with van der Waals surface area (Å²) in [5.41, 5.74) is 6.30. The second-order valence-electron chi connectivity index (χ2n) is 6.09. The van der Waals surface area contributed by atoms with E-state index in [2.05, 4.69) is 4.72 Å². The molecule has 0 saturated carbocycles. The van der Waals surface area contributed by atoms with Crippen LogP contribution in [0.1, 0.15) is 28.1 Å². The van der Waals surface area contributed by atoms with Crippen LogP contribution < -0.4 is 10.5 Å². The van der Waals surface area contributed by atoms with Crippen LogP contribution in [-0.2, 0) is 16.6 Å². The van der Waals surface area contributed by atoms with Gasteiger partial charge < -0.3 is 10.6 Å². The highest BCUT2D eigenvalue weighted by Gasteiger charge is 2.23. The Kier molecular flexibility index (Phi) is 7.19. The summed E-state index contributed by atoms with van der Waals surface area (Å²) in [7, 11) is -3.67. The van der Waals surface area contributed by atoms with Gasteiger partial charge in [0.25, 0.3) is 5.91 Å². The molecule has 1 aromatic heterocycles. The second-order valence-corrected chi connectivity index (χ2v) is 8.88. The number of hydrogen-bond donors (Lipinski definition) is 2. The van der Waals surface area contributed by atoms with Crippen LogP contribution in [0.3, 0.4) is 0 Å². The van der Waals surface area contributed by atoms with E-state index in [1.165, 1.54) is 23.5 Å². The van der Waals surface area contributed by atoms with E-state index in [0.717, 1.165) is 17.7 Å². The highest BCUT2D eigenvalue weighted by molar-refractivity contribution is 7.89. The minimum absolute atomic E-state index is 0. The summed E-state index contributed by atoms with van der Waals surface area (Å²) in [6.45, 7) is 1.39. The summed E-state index contributed by atoms with van der Waals surface area (Å²) in [4.78, 5) is 15.3. The molecule has 1 saturated heterocycles. The molecule has 0 radical (unpaired) electrons. The molecule has 6 nitrogen and oxygen atoms in total. The Labute approximate surface area is 163 Å². The zero-order valence-electron chi connectivity index (χ0n) is 14.1. The van der Waals surface area contributed by atoms with Crippen molar-refractivity contribution in [2.75, 3.05) is 13.1 Å². The fourth-order valence-electron chi connectivity index (χ4n) is 2.84. The van der Waals surface area contributed by atoms with Crippen molar-refractivity contribution >= 4 is 39.7 Å². The third kappa shape index (κ3) is 5.05. The third-order valence-electron chi connectivity index (χ3n) is 4.15. The van der Waals surface area contributed by atoms with Crippen molar-refractivity contribution in [1.29, 1.82) is 0 Å². The number of hydrogen-bond acceptors (Lipinski definition) is 5. The lowest BCUT2D eigenvalue weighted by atomic mass is 10.1. The lowest BCUT2D eigenvalue weighted by Gasteiger charge is -2.30. The number of rotatable bonds is 5. The van der Waals surface area contributed by atoms with E-state index in [1.807, 2.05) is 17.5 Å². The number of carbonyl (C=O) groups excluding carboxylic acids is 1. The fraction of sp³-hybridized carbons (Fsp3) is 0.353. The van der Waals surface area contributed by atoms with Gasteiger partial charge in [-0.25, -0.2) is 13.1 Å². The standard InChI is InChI=1S/C17H21N3O3S2.ClH/c18-14-5-2-8-20(12-14)17(21)13-4-1-7-16(10-13)25(22,23)19-11-15-6-3-9-24-15;/h1,3-4,6-7,9-10,14,19H,2,5,8,11-12,18H2;1H. The minimum atomic E-state index is -3.67. The zero-order chi connectivity index (χ0) is 17.9. The first-order valence-electron chi connectivity index (χ1n) is 8.13. The molecule has 0 bridgehead atoms. The Hall–Kier alpha value is -1.45. The van der Waals surface area contributed by atoms with Gasteiger partial charge in [-0.05, 0) is 42.5 Å². The summed E-state index contributed by atoms with van der Waals surface area (Å²) in [5.74, 6) is -0.176. The number of piperidine rings is 1. The number of nitrogens with one attached hydrogen (secondary N) is 1. The molecule has 2 heterocycles. The maximum absolute atomic E-state index is 12.6. The van der Waals surface area contributed by atoms with Crippen molar-refractivity contribution in [1.82, 2.24) is 9.62 Å². The van der Waals surface area contributed by atoms with Gasteiger partial charge in [0.05, 0.1) is 4.90 Å². The third-order valence-corrected chi connectivity index (χ3v) is 6.43. The van der Waals surface area contributed by atoms with Crippen molar-refractivity contribution in [2.24, 2.45) is 5.73 Å². The SMILES string of the molecule is Cl.NC1CCCN(C(=O)c2cccc(S(=O)(=O)NCc3cccs3)c2)C1. The van der Waals surface area contributed by atoms with E-state index >= 15 is 0 Å². The number of thiophene rings is 1. The Morgan fingerprint density at radius 1 is 1.31 bits per heavy atom. The molecule has 1 fully saturated rings. The molecule has 3 rings (SSSR count). The van der Waals surface area contributed by atoms with Crippen LogP contribution in [0.2, 0.25) is 0 Å². The predicted octanol–water partition coefficient (Wildman–Crippen LogP) is 2.21. The molecule has 0 aliphatic carbocycles. The van der Waals surface area contributed by atoms with Gasteiger partial charge in [0.15, 0.2) is 0 Å². The van der Waals surface area contributed by atoms with Crippen LogP contribution in [0, 0.1) is 0 Å². The van der Waals surface area contributed by atoms with Crippen molar-refractivity contribution < 1.29 is 13.2 Å².